The van der Waals surface area contributed by atoms with Gasteiger partial charge in [-0.05, 0) is 25.1 Å². The number of carbonyl (C=O) groups excluding carboxylic acids is 1. The lowest BCUT2D eigenvalue weighted by Crippen LogP contribution is -2.19. The molecule has 2 aromatic rings. The molecule has 0 spiro atoms. The van der Waals surface area contributed by atoms with Crippen molar-refractivity contribution in [1.29, 1.82) is 0 Å². The lowest BCUT2D eigenvalue weighted by atomic mass is 10.2. The molecule has 1 unspecified atom stereocenters. The van der Waals surface area contributed by atoms with Crippen LogP contribution in [0.25, 0.3) is 0 Å². The normalized spacial score (nSPS) is 11.6. The smallest absolute Gasteiger partial charge is 0.316 e. The van der Waals surface area contributed by atoms with Crippen LogP contribution in [0.4, 0.5) is 16.2 Å². The third kappa shape index (κ3) is 3.67. The fourth-order valence-corrected chi connectivity index (χ4v) is 1.69. The Labute approximate surface area is 111 Å². The van der Waals surface area contributed by atoms with E-state index in [0.717, 1.165) is 11.4 Å². The minimum absolute atomic E-state index is 0.0116. The van der Waals surface area contributed by atoms with Crippen LogP contribution in [0.2, 0.25) is 0 Å². The number of primary amides is 1. The van der Waals surface area contributed by atoms with Crippen molar-refractivity contribution in [3.63, 3.8) is 0 Å². The summed E-state index contributed by atoms with van der Waals surface area (Å²) in [6.07, 6.45) is 5.00. The van der Waals surface area contributed by atoms with Gasteiger partial charge in [0.25, 0.3) is 0 Å². The van der Waals surface area contributed by atoms with E-state index in [0.29, 0.717) is 5.69 Å². The lowest BCUT2D eigenvalue weighted by Gasteiger charge is -2.15. The summed E-state index contributed by atoms with van der Waals surface area (Å²) in [5.41, 5.74) is 7.43. The summed E-state index contributed by atoms with van der Waals surface area (Å²) in [5, 5.41) is 5.81. The molecule has 0 bridgehead atoms. The molecule has 1 heterocycles. The lowest BCUT2D eigenvalue weighted by molar-refractivity contribution is 0.259. The van der Waals surface area contributed by atoms with Crippen LogP contribution >= 0.6 is 0 Å². The standard InChI is InChI=1S/C13H15N5O/c1-9(12-8-15-5-6-16-12)17-10-3-2-4-11(7-10)18-13(14)19/h2-9,17H,1H3,(H3,14,18,19). The average molecular weight is 257 g/mol. The number of rotatable bonds is 4. The zero-order valence-corrected chi connectivity index (χ0v) is 10.5. The molecule has 0 radical (unpaired) electrons. The molecule has 1 atom stereocenters. The highest BCUT2D eigenvalue weighted by atomic mass is 16.2. The second-order valence-electron chi connectivity index (χ2n) is 4.07. The van der Waals surface area contributed by atoms with Crippen LogP contribution < -0.4 is 16.4 Å². The first-order valence-corrected chi connectivity index (χ1v) is 5.84. The number of urea groups is 1. The molecule has 6 heteroatoms. The van der Waals surface area contributed by atoms with Gasteiger partial charge in [0.15, 0.2) is 0 Å². The number of nitrogens with two attached hydrogens (primary N) is 1. The third-order valence-corrected chi connectivity index (χ3v) is 2.54. The number of aromatic nitrogens is 2. The van der Waals surface area contributed by atoms with Gasteiger partial charge in [-0.25, -0.2) is 4.79 Å². The van der Waals surface area contributed by atoms with Crippen molar-refractivity contribution in [2.45, 2.75) is 13.0 Å². The molecule has 0 saturated heterocycles. The fourth-order valence-electron chi connectivity index (χ4n) is 1.69. The maximum absolute atomic E-state index is 10.8. The first-order chi connectivity index (χ1) is 9.15. The van der Waals surface area contributed by atoms with Gasteiger partial charge in [0.1, 0.15) is 0 Å². The largest absolute Gasteiger partial charge is 0.377 e. The van der Waals surface area contributed by atoms with Gasteiger partial charge >= 0.3 is 6.03 Å². The number of carbonyl (C=O) groups is 1. The number of nitrogens with zero attached hydrogens (tertiary/aromatic N) is 2. The quantitative estimate of drug-likeness (QED) is 0.782. The number of hydrogen-bond acceptors (Lipinski definition) is 4. The van der Waals surface area contributed by atoms with Crippen LogP contribution in [0, 0.1) is 0 Å². The number of anilines is 2. The number of benzene rings is 1. The molecule has 2 rings (SSSR count). The van der Waals surface area contributed by atoms with Crippen molar-refractivity contribution in [2.75, 3.05) is 10.6 Å². The Balaban J connectivity index is 2.08. The number of nitrogens with one attached hydrogen (secondary N) is 2. The third-order valence-electron chi connectivity index (χ3n) is 2.54. The van der Waals surface area contributed by atoms with Crippen molar-refractivity contribution in [3.05, 3.63) is 48.5 Å². The van der Waals surface area contributed by atoms with E-state index >= 15 is 0 Å². The van der Waals surface area contributed by atoms with Crippen LogP contribution in [-0.4, -0.2) is 16.0 Å². The van der Waals surface area contributed by atoms with Gasteiger partial charge in [0, 0.05) is 23.8 Å². The first-order valence-electron chi connectivity index (χ1n) is 5.84. The van der Waals surface area contributed by atoms with E-state index in [-0.39, 0.29) is 6.04 Å². The number of hydrogen-bond donors (Lipinski definition) is 3. The summed E-state index contributed by atoms with van der Waals surface area (Å²) in [4.78, 5) is 19.1. The summed E-state index contributed by atoms with van der Waals surface area (Å²) >= 11 is 0. The first kappa shape index (κ1) is 12.8. The summed E-state index contributed by atoms with van der Waals surface area (Å²) in [6.45, 7) is 1.98. The Morgan fingerprint density at radius 3 is 2.79 bits per heavy atom. The molecule has 1 aromatic heterocycles. The van der Waals surface area contributed by atoms with Gasteiger partial charge < -0.3 is 16.4 Å². The van der Waals surface area contributed by atoms with Crippen LogP contribution in [0.1, 0.15) is 18.7 Å². The molecule has 4 N–H and O–H groups in total. The molecule has 98 valence electrons. The van der Waals surface area contributed by atoms with Crippen molar-refractivity contribution < 1.29 is 4.79 Å². The monoisotopic (exact) mass is 257 g/mol. The molecule has 0 aliphatic rings. The van der Waals surface area contributed by atoms with Crippen LogP contribution in [0.3, 0.4) is 0 Å². The predicted octanol–water partition coefficient (Wildman–Crippen LogP) is 2.14. The Hall–Kier alpha value is -2.63. The molecule has 6 nitrogen and oxygen atoms in total. The molecule has 0 fully saturated rings. The summed E-state index contributed by atoms with van der Waals surface area (Å²) < 4.78 is 0. The maximum Gasteiger partial charge on any atom is 0.316 e. The topological polar surface area (TPSA) is 92.9 Å². The SMILES string of the molecule is CC(Nc1cccc(NC(N)=O)c1)c1cnccn1. The van der Waals surface area contributed by atoms with Crippen molar-refractivity contribution >= 4 is 17.4 Å². The van der Waals surface area contributed by atoms with Gasteiger partial charge in [-0.3, -0.25) is 9.97 Å². The van der Waals surface area contributed by atoms with Gasteiger partial charge in [0.2, 0.25) is 0 Å². The summed E-state index contributed by atoms with van der Waals surface area (Å²) in [5.74, 6) is 0. The molecule has 19 heavy (non-hydrogen) atoms. The van der Waals surface area contributed by atoms with Crippen LogP contribution in [-0.2, 0) is 0 Å². The highest BCUT2D eigenvalue weighted by molar-refractivity contribution is 5.88. The summed E-state index contributed by atoms with van der Waals surface area (Å²) in [6, 6.07) is 6.73. The van der Waals surface area contributed by atoms with Gasteiger partial charge in [-0.1, -0.05) is 6.07 Å². The molecule has 0 aliphatic carbocycles. The predicted molar refractivity (Wildman–Crippen MR) is 73.7 cm³/mol. The fraction of sp³-hybridized carbons (Fsp3) is 0.154. The van der Waals surface area contributed by atoms with E-state index in [9.17, 15) is 4.79 Å². The van der Waals surface area contributed by atoms with Crippen molar-refractivity contribution in [2.24, 2.45) is 5.73 Å². The van der Waals surface area contributed by atoms with E-state index in [4.69, 9.17) is 5.73 Å². The molecule has 0 aliphatic heterocycles. The zero-order valence-electron chi connectivity index (χ0n) is 10.5. The Morgan fingerprint density at radius 2 is 2.11 bits per heavy atom. The van der Waals surface area contributed by atoms with Crippen molar-refractivity contribution in [3.8, 4) is 0 Å². The number of amides is 2. The highest BCUT2D eigenvalue weighted by Crippen LogP contribution is 2.20. The molecule has 2 amide bonds. The van der Waals surface area contributed by atoms with E-state index in [1.165, 1.54) is 0 Å². The van der Waals surface area contributed by atoms with E-state index < -0.39 is 6.03 Å². The van der Waals surface area contributed by atoms with E-state index in [2.05, 4.69) is 20.6 Å². The molecular formula is C13H15N5O. The van der Waals surface area contributed by atoms with Crippen LogP contribution in [0.5, 0.6) is 0 Å². The highest BCUT2D eigenvalue weighted by Gasteiger charge is 2.07. The molecule has 0 saturated carbocycles. The minimum atomic E-state index is -0.584. The molecule has 1 aromatic carbocycles. The zero-order chi connectivity index (χ0) is 13.7. The average Bonchev–Trinajstić information content (AvgIpc) is 2.39. The molecular weight excluding hydrogens is 242 g/mol. The Morgan fingerprint density at radius 1 is 1.32 bits per heavy atom. The maximum atomic E-state index is 10.8. The van der Waals surface area contributed by atoms with Gasteiger partial charge in [-0.15, -0.1) is 0 Å². The van der Waals surface area contributed by atoms with Crippen molar-refractivity contribution in [1.82, 2.24) is 9.97 Å². The van der Waals surface area contributed by atoms with E-state index in [1.54, 1.807) is 30.7 Å². The second kappa shape index (κ2) is 5.81. The van der Waals surface area contributed by atoms with Gasteiger partial charge in [-0.2, -0.15) is 0 Å². The second-order valence-corrected chi connectivity index (χ2v) is 4.07. The summed E-state index contributed by atoms with van der Waals surface area (Å²) in [7, 11) is 0. The Bertz CT molecular complexity index is 558. The van der Waals surface area contributed by atoms with Gasteiger partial charge in [0.05, 0.1) is 17.9 Å². The Kier molecular flexibility index (Phi) is 3.92. The van der Waals surface area contributed by atoms with E-state index in [1.807, 2.05) is 19.1 Å². The van der Waals surface area contributed by atoms with Crippen LogP contribution in [0.15, 0.2) is 42.9 Å². The minimum Gasteiger partial charge on any atom is -0.377 e.